The second kappa shape index (κ2) is 5.98. The minimum atomic E-state index is -0.570. The number of carbonyl (C=O) groups excluding carboxylic acids is 2. The fourth-order valence-corrected chi connectivity index (χ4v) is 2.52. The van der Waals surface area contributed by atoms with Gasteiger partial charge in [-0.3, -0.25) is 14.4 Å². The number of nitrogens with zero attached hydrogens (tertiary/aromatic N) is 3. The highest BCUT2D eigenvalue weighted by Gasteiger charge is 2.36. The summed E-state index contributed by atoms with van der Waals surface area (Å²) in [6.07, 6.45) is 0.996. The molecule has 0 saturated carbocycles. The Morgan fingerprint density at radius 3 is 2.64 bits per heavy atom. The minimum absolute atomic E-state index is 0.202. The molecule has 122 valence electrons. The molecule has 22 heavy (non-hydrogen) atoms. The standard InChI is InChI=1S/C15H24N4O3/c1-10-9-12(18(5)17-10)16-13(20)11-7-6-8-19(11)14(21)22-15(2,3)4/h9,11H,6-8H2,1-5H3,(H,16,20)/t11-/m0/s1. The van der Waals surface area contributed by atoms with E-state index >= 15 is 0 Å². The molecule has 1 aliphatic rings. The summed E-state index contributed by atoms with van der Waals surface area (Å²) in [5.41, 5.74) is 0.257. The summed E-state index contributed by atoms with van der Waals surface area (Å²) in [6.45, 7) is 7.84. The minimum Gasteiger partial charge on any atom is -0.444 e. The van der Waals surface area contributed by atoms with Gasteiger partial charge in [-0.05, 0) is 40.5 Å². The van der Waals surface area contributed by atoms with Crippen LogP contribution in [-0.2, 0) is 16.6 Å². The van der Waals surface area contributed by atoms with E-state index in [2.05, 4.69) is 10.4 Å². The predicted octanol–water partition coefficient (Wildman–Crippen LogP) is 2.07. The number of aromatic nitrogens is 2. The number of hydrogen-bond donors (Lipinski definition) is 1. The summed E-state index contributed by atoms with van der Waals surface area (Å²) in [5.74, 6) is 0.421. The van der Waals surface area contributed by atoms with Gasteiger partial charge in [-0.25, -0.2) is 4.79 Å². The van der Waals surface area contributed by atoms with Crippen molar-refractivity contribution in [3.63, 3.8) is 0 Å². The van der Waals surface area contributed by atoms with Crippen LogP contribution in [0.3, 0.4) is 0 Å². The first-order valence-corrected chi connectivity index (χ1v) is 7.48. The quantitative estimate of drug-likeness (QED) is 0.907. The Balaban J connectivity index is 2.05. The molecule has 1 N–H and O–H groups in total. The topological polar surface area (TPSA) is 76.5 Å². The maximum Gasteiger partial charge on any atom is 0.410 e. The maximum absolute atomic E-state index is 12.5. The van der Waals surface area contributed by atoms with E-state index < -0.39 is 17.7 Å². The molecular weight excluding hydrogens is 284 g/mol. The summed E-state index contributed by atoms with van der Waals surface area (Å²) in [5, 5.41) is 7.02. The zero-order valence-corrected chi connectivity index (χ0v) is 13.8. The molecule has 0 spiro atoms. The lowest BCUT2D eigenvalue weighted by Crippen LogP contribution is -2.45. The smallest absolute Gasteiger partial charge is 0.410 e. The van der Waals surface area contributed by atoms with E-state index in [1.807, 2.05) is 27.7 Å². The van der Waals surface area contributed by atoms with Crippen LogP contribution >= 0.6 is 0 Å². The second-order valence-corrected chi connectivity index (χ2v) is 6.62. The molecule has 1 saturated heterocycles. The molecule has 7 nitrogen and oxygen atoms in total. The highest BCUT2D eigenvalue weighted by Crippen LogP contribution is 2.22. The van der Waals surface area contributed by atoms with Crippen molar-refractivity contribution in [2.24, 2.45) is 7.05 Å². The van der Waals surface area contributed by atoms with Crippen LogP contribution in [0.25, 0.3) is 0 Å². The van der Waals surface area contributed by atoms with E-state index in [-0.39, 0.29) is 5.91 Å². The van der Waals surface area contributed by atoms with Crippen LogP contribution in [-0.4, -0.2) is 44.9 Å². The number of hydrogen-bond acceptors (Lipinski definition) is 4. The van der Waals surface area contributed by atoms with Crippen LogP contribution in [0.2, 0.25) is 0 Å². The average molecular weight is 308 g/mol. The molecule has 1 aliphatic heterocycles. The average Bonchev–Trinajstić information content (AvgIpc) is 2.94. The van der Waals surface area contributed by atoms with Gasteiger partial charge in [0.25, 0.3) is 0 Å². The molecule has 0 aromatic carbocycles. The number of carbonyl (C=O) groups is 2. The van der Waals surface area contributed by atoms with Crippen molar-refractivity contribution in [1.29, 1.82) is 0 Å². The van der Waals surface area contributed by atoms with Crippen molar-refractivity contribution in [2.45, 2.75) is 52.2 Å². The van der Waals surface area contributed by atoms with Gasteiger partial charge < -0.3 is 10.1 Å². The zero-order valence-electron chi connectivity index (χ0n) is 13.8. The zero-order chi connectivity index (χ0) is 16.5. The molecule has 2 rings (SSSR count). The number of anilines is 1. The van der Waals surface area contributed by atoms with Crippen molar-refractivity contribution >= 4 is 17.8 Å². The molecular formula is C15H24N4O3. The van der Waals surface area contributed by atoms with Crippen LogP contribution in [0.15, 0.2) is 6.07 Å². The van der Waals surface area contributed by atoms with Crippen LogP contribution < -0.4 is 5.32 Å². The normalized spacial score (nSPS) is 18.4. The number of nitrogens with one attached hydrogen (secondary N) is 1. The van der Waals surface area contributed by atoms with E-state index in [0.29, 0.717) is 18.8 Å². The Morgan fingerprint density at radius 1 is 1.41 bits per heavy atom. The number of ether oxygens (including phenoxy) is 1. The van der Waals surface area contributed by atoms with Crippen molar-refractivity contribution in [2.75, 3.05) is 11.9 Å². The molecule has 2 amide bonds. The lowest BCUT2D eigenvalue weighted by atomic mass is 10.2. The largest absolute Gasteiger partial charge is 0.444 e. The Kier molecular flexibility index (Phi) is 4.44. The molecule has 1 atom stereocenters. The van der Waals surface area contributed by atoms with Gasteiger partial charge in [-0.1, -0.05) is 0 Å². The summed E-state index contributed by atoms with van der Waals surface area (Å²) in [6, 6.07) is 1.30. The van der Waals surface area contributed by atoms with E-state index in [0.717, 1.165) is 12.1 Å². The van der Waals surface area contributed by atoms with E-state index in [1.54, 1.807) is 17.8 Å². The fourth-order valence-electron chi connectivity index (χ4n) is 2.52. The third-order valence-electron chi connectivity index (χ3n) is 3.44. The number of amides is 2. The van der Waals surface area contributed by atoms with Crippen LogP contribution in [0, 0.1) is 6.92 Å². The second-order valence-electron chi connectivity index (χ2n) is 6.62. The van der Waals surface area contributed by atoms with Gasteiger partial charge in [0.05, 0.1) is 5.69 Å². The molecule has 0 radical (unpaired) electrons. The summed E-state index contributed by atoms with van der Waals surface area (Å²) in [7, 11) is 1.77. The van der Waals surface area contributed by atoms with E-state index in [4.69, 9.17) is 4.74 Å². The first-order chi connectivity index (χ1) is 10.2. The molecule has 0 unspecified atom stereocenters. The SMILES string of the molecule is Cc1cc(NC(=O)[C@@H]2CCCN2C(=O)OC(C)(C)C)n(C)n1. The molecule has 0 bridgehead atoms. The monoisotopic (exact) mass is 308 g/mol. The van der Waals surface area contributed by atoms with Crippen LogP contribution in [0.4, 0.5) is 10.6 Å². The third-order valence-corrected chi connectivity index (χ3v) is 3.44. The summed E-state index contributed by atoms with van der Waals surface area (Å²) >= 11 is 0. The highest BCUT2D eigenvalue weighted by molar-refractivity contribution is 5.96. The number of rotatable bonds is 2. The lowest BCUT2D eigenvalue weighted by Gasteiger charge is -2.28. The fraction of sp³-hybridized carbons (Fsp3) is 0.667. The maximum atomic E-state index is 12.5. The van der Waals surface area contributed by atoms with Crippen molar-refractivity contribution < 1.29 is 14.3 Å². The third kappa shape index (κ3) is 3.78. The van der Waals surface area contributed by atoms with Gasteiger partial charge in [-0.15, -0.1) is 0 Å². The summed E-state index contributed by atoms with van der Waals surface area (Å²) < 4.78 is 6.98. The van der Waals surface area contributed by atoms with Crippen LogP contribution in [0.5, 0.6) is 0 Å². The predicted molar refractivity (Wildman–Crippen MR) is 82.5 cm³/mol. The van der Waals surface area contributed by atoms with Gasteiger partial charge in [0.1, 0.15) is 17.5 Å². The highest BCUT2D eigenvalue weighted by atomic mass is 16.6. The van der Waals surface area contributed by atoms with Crippen molar-refractivity contribution in [3.8, 4) is 0 Å². The molecule has 1 aromatic heterocycles. The molecule has 7 heteroatoms. The van der Waals surface area contributed by atoms with Gasteiger partial charge in [0.15, 0.2) is 0 Å². The Labute approximate surface area is 130 Å². The lowest BCUT2D eigenvalue weighted by molar-refractivity contribution is -0.120. The van der Waals surface area contributed by atoms with Gasteiger partial charge in [0, 0.05) is 19.7 Å². The van der Waals surface area contributed by atoms with E-state index in [1.165, 1.54) is 4.90 Å². The Morgan fingerprint density at radius 2 is 2.09 bits per heavy atom. The summed E-state index contributed by atoms with van der Waals surface area (Å²) in [4.78, 5) is 26.2. The number of likely N-dealkylation sites (tertiary alicyclic amines) is 1. The first kappa shape index (κ1) is 16.3. The number of aryl methyl sites for hydroxylation is 2. The van der Waals surface area contributed by atoms with Gasteiger partial charge in [-0.2, -0.15) is 5.10 Å². The molecule has 2 heterocycles. The first-order valence-electron chi connectivity index (χ1n) is 7.48. The Bertz CT molecular complexity index is 574. The molecule has 1 fully saturated rings. The molecule has 1 aromatic rings. The van der Waals surface area contributed by atoms with Crippen LogP contribution in [0.1, 0.15) is 39.3 Å². The Hall–Kier alpha value is -2.05. The van der Waals surface area contributed by atoms with Gasteiger partial charge >= 0.3 is 6.09 Å². The van der Waals surface area contributed by atoms with E-state index in [9.17, 15) is 9.59 Å². The van der Waals surface area contributed by atoms with Crippen molar-refractivity contribution in [1.82, 2.24) is 14.7 Å². The van der Waals surface area contributed by atoms with Crippen molar-refractivity contribution in [3.05, 3.63) is 11.8 Å². The van der Waals surface area contributed by atoms with Gasteiger partial charge in [0.2, 0.25) is 5.91 Å². The molecule has 0 aliphatic carbocycles.